The Labute approximate surface area is 166 Å². The summed E-state index contributed by atoms with van der Waals surface area (Å²) in [6.45, 7) is 0. The predicted octanol–water partition coefficient (Wildman–Crippen LogP) is 5.20. The van der Waals surface area contributed by atoms with Crippen molar-refractivity contribution < 1.29 is 19.2 Å². The van der Waals surface area contributed by atoms with Crippen molar-refractivity contribution in [2.75, 3.05) is 7.11 Å². The van der Waals surface area contributed by atoms with Crippen LogP contribution in [0.25, 0.3) is 0 Å². The highest BCUT2D eigenvalue weighted by Gasteiger charge is 2.23. The summed E-state index contributed by atoms with van der Waals surface area (Å²) in [6, 6.07) is 20.4. The van der Waals surface area contributed by atoms with E-state index in [2.05, 4.69) is 0 Å². The van der Waals surface area contributed by atoms with Crippen molar-refractivity contribution in [3.63, 3.8) is 0 Å². The molecule has 3 aromatic rings. The van der Waals surface area contributed by atoms with Gasteiger partial charge in [0.2, 0.25) is 0 Å². The van der Waals surface area contributed by atoms with Gasteiger partial charge in [-0.25, -0.2) is 4.79 Å². The molecule has 0 aliphatic carbocycles. The molecule has 0 saturated heterocycles. The quantitative estimate of drug-likeness (QED) is 0.324. The average molecular weight is 398 g/mol. The summed E-state index contributed by atoms with van der Waals surface area (Å²) in [6.07, 6.45) is -0.579. The Morgan fingerprint density at radius 3 is 2.36 bits per heavy atom. The van der Waals surface area contributed by atoms with Crippen molar-refractivity contribution in [2.45, 2.75) is 6.10 Å². The van der Waals surface area contributed by atoms with Crippen LogP contribution in [0.15, 0.2) is 72.8 Å². The van der Waals surface area contributed by atoms with Gasteiger partial charge in [0.25, 0.3) is 5.69 Å². The van der Waals surface area contributed by atoms with Crippen LogP contribution >= 0.6 is 11.6 Å². The topological polar surface area (TPSA) is 78.7 Å². The Morgan fingerprint density at radius 2 is 1.71 bits per heavy atom. The Hall–Kier alpha value is -3.38. The molecule has 0 spiro atoms. The normalized spacial score (nSPS) is 11.5. The number of methoxy groups -OCH3 is 1. The summed E-state index contributed by atoms with van der Waals surface area (Å²) >= 11 is 6.13. The second-order valence-corrected chi connectivity index (χ2v) is 6.33. The van der Waals surface area contributed by atoms with Crippen LogP contribution in [0.4, 0.5) is 5.69 Å². The number of non-ortho nitro benzene ring substituents is 1. The van der Waals surface area contributed by atoms with Crippen LogP contribution in [0.3, 0.4) is 0 Å². The highest BCUT2D eigenvalue weighted by Crippen LogP contribution is 2.33. The van der Waals surface area contributed by atoms with E-state index >= 15 is 0 Å². The zero-order chi connectivity index (χ0) is 20.1. The van der Waals surface area contributed by atoms with Crippen LogP contribution in [-0.2, 0) is 4.74 Å². The molecule has 28 heavy (non-hydrogen) atoms. The van der Waals surface area contributed by atoms with Crippen LogP contribution in [0.1, 0.15) is 27.6 Å². The van der Waals surface area contributed by atoms with Crippen molar-refractivity contribution in [1.82, 2.24) is 0 Å². The van der Waals surface area contributed by atoms with Gasteiger partial charge in [0, 0.05) is 17.2 Å². The third-order valence-electron chi connectivity index (χ3n) is 4.08. The van der Waals surface area contributed by atoms with E-state index in [9.17, 15) is 14.9 Å². The molecule has 3 rings (SSSR count). The molecule has 0 bridgehead atoms. The fourth-order valence-electron chi connectivity index (χ4n) is 2.76. The van der Waals surface area contributed by atoms with E-state index in [0.29, 0.717) is 5.02 Å². The summed E-state index contributed by atoms with van der Waals surface area (Å²) in [7, 11) is 1.20. The van der Waals surface area contributed by atoms with Crippen molar-refractivity contribution in [3.8, 4) is 5.75 Å². The summed E-state index contributed by atoms with van der Waals surface area (Å²) in [5.74, 6) is -0.553. The number of nitrogens with zero attached hydrogens (tertiary/aromatic N) is 1. The first-order valence-corrected chi connectivity index (χ1v) is 8.71. The van der Waals surface area contributed by atoms with Gasteiger partial charge >= 0.3 is 5.97 Å². The molecule has 0 amide bonds. The lowest BCUT2D eigenvalue weighted by molar-refractivity contribution is -0.384. The summed E-state index contributed by atoms with van der Waals surface area (Å²) in [5, 5.41) is 11.6. The highest BCUT2D eigenvalue weighted by atomic mass is 35.5. The molecule has 0 radical (unpaired) electrons. The number of benzene rings is 3. The van der Waals surface area contributed by atoms with Gasteiger partial charge in [0.1, 0.15) is 17.4 Å². The molecule has 1 unspecified atom stereocenters. The summed E-state index contributed by atoms with van der Waals surface area (Å²) in [4.78, 5) is 22.7. The fourth-order valence-corrected chi connectivity index (χ4v) is 2.96. The molecule has 6 nitrogen and oxygen atoms in total. The maximum absolute atomic E-state index is 12.2. The van der Waals surface area contributed by atoms with Gasteiger partial charge in [0.05, 0.1) is 12.0 Å². The van der Waals surface area contributed by atoms with E-state index in [-0.39, 0.29) is 17.0 Å². The molecule has 1 atom stereocenters. The van der Waals surface area contributed by atoms with Gasteiger partial charge in [-0.2, -0.15) is 0 Å². The Balaban J connectivity index is 2.08. The van der Waals surface area contributed by atoms with Crippen LogP contribution in [0, 0.1) is 10.1 Å². The van der Waals surface area contributed by atoms with Gasteiger partial charge in [-0.15, -0.1) is 0 Å². The number of hydrogen-bond acceptors (Lipinski definition) is 5. The molecule has 0 N–H and O–H groups in total. The van der Waals surface area contributed by atoms with Gasteiger partial charge < -0.3 is 9.47 Å². The minimum absolute atomic E-state index is 0.0281. The zero-order valence-electron chi connectivity index (χ0n) is 14.9. The molecular weight excluding hydrogens is 382 g/mol. The van der Waals surface area contributed by atoms with Crippen LogP contribution in [0.2, 0.25) is 5.02 Å². The second-order valence-electron chi connectivity index (χ2n) is 5.89. The fraction of sp³-hybridized carbons (Fsp3) is 0.0952. The molecular formula is C21H16ClNO5. The van der Waals surface area contributed by atoms with E-state index in [1.165, 1.54) is 19.2 Å². The largest absolute Gasteiger partial charge is 0.480 e. The Kier molecular flexibility index (Phi) is 5.91. The second kappa shape index (κ2) is 8.54. The molecule has 0 heterocycles. The van der Waals surface area contributed by atoms with E-state index in [1.807, 2.05) is 36.4 Å². The number of carbonyl (C=O) groups excluding carboxylic acids is 1. The van der Waals surface area contributed by atoms with E-state index in [4.69, 9.17) is 21.1 Å². The smallest absolute Gasteiger partial charge is 0.341 e. The molecule has 0 aliphatic heterocycles. The third-order valence-corrected chi connectivity index (χ3v) is 4.31. The van der Waals surface area contributed by atoms with Crippen LogP contribution < -0.4 is 4.74 Å². The number of carbonyl (C=O) groups is 1. The van der Waals surface area contributed by atoms with Gasteiger partial charge in [-0.1, -0.05) is 54.1 Å². The van der Waals surface area contributed by atoms with Gasteiger partial charge in [0.15, 0.2) is 0 Å². The number of nitro groups is 1. The molecule has 0 aliphatic rings. The molecule has 0 fully saturated rings. The molecule has 3 aromatic carbocycles. The number of esters is 1. The number of halogens is 1. The Morgan fingerprint density at radius 1 is 1.00 bits per heavy atom. The van der Waals surface area contributed by atoms with Crippen molar-refractivity contribution in [1.29, 1.82) is 0 Å². The van der Waals surface area contributed by atoms with E-state index in [1.54, 1.807) is 18.2 Å². The number of hydrogen-bond donors (Lipinski definition) is 0. The van der Waals surface area contributed by atoms with Crippen LogP contribution in [-0.4, -0.2) is 18.0 Å². The van der Waals surface area contributed by atoms with Crippen molar-refractivity contribution >= 4 is 23.3 Å². The maximum Gasteiger partial charge on any atom is 0.341 e. The first kappa shape index (κ1) is 19.4. The monoisotopic (exact) mass is 397 g/mol. The number of ether oxygens (including phenoxy) is 2. The van der Waals surface area contributed by atoms with Crippen LogP contribution in [0.5, 0.6) is 5.75 Å². The lowest BCUT2D eigenvalue weighted by Gasteiger charge is -2.21. The SMILES string of the molecule is COC(=O)c1cc([N+](=O)[O-])ccc1OC(c1ccccc1)c1cccc(Cl)c1. The van der Waals surface area contributed by atoms with Gasteiger partial charge in [-0.3, -0.25) is 10.1 Å². The van der Waals surface area contributed by atoms with Crippen molar-refractivity contribution in [3.05, 3.63) is 105 Å². The zero-order valence-corrected chi connectivity index (χ0v) is 15.6. The molecule has 0 saturated carbocycles. The van der Waals surface area contributed by atoms with Crippen molar-refractivity contribution in [2.24, 2.45) is 0 Å². The third kappa shape index (κ3) is 4.29. The molecule has 0 aromatic heterocycles. The number of nitro benzene ring substituents is 1. The standard InChI is InChI=1S/C21H16ClNO5/c1-27-21(24)18-13-17(23(25)26)10-11-19(18)28-20(14-6-3-2-4-7-14)15-8-5-9-16(22)12-15/h2-13,20H,1H3. The Bertz CT molecular complexity index is 1010. The summed E-state index contributed by atoms with van der Waals surface area (Å²) < 4.78 is 10.9. The summed E-state index contributed by atoms with van der Waals surface area (Å²) in [5.41, 5.74) is 1.35. The predicted molar refractivity (Wildman–Crippen MR) is 105 cm³/mol. The minimum Gasteiger partial charge on any atom is -0.480 e. The molecule has 7 heteroatoms. The molecule has 142 valence electrons. The lowest BCUT2D eigenvalue weighted by atomic mass is 10.0. The van der Waals surface area contributed by atoms with E-state index < -0.39 is 17.0 Å². The van der Waals surface area contributed by atoms with Gasteiger partial charge in [-0.05, 0) is 29.3 Å². The first-order chi connectivity index (χ1) is 13.5. The lowest BCUT2D eigenvalue weighted by Crippen LogP contribution is -2.13. The highest BCUT2D eigenvalue weighted by molar-refractivity contribution is 6.30. The maximum atomic E-state index is 12.2. The van der Waals surface area contributed by atoms with E-state index in [0.717, 1.165) is 17.2 Å². The average Bonchev–Trinajstić information content (AvgIpc) is 2.72. The number of rotatable bonds is 6. The minimum atomic E-state index is -0.725. The first-order valence-electron chi connectivity index (χ1n) is 8.33.